The maximum Gasteiger partial charge on any atom is 0.323 e. The van der Waals surface area contributed by atoms with Crippen molar-refractivity contribution in [3.63, 3.8) is 0 Å². The fourth-order valence-corrected chi connectivity index (χ4v) is 2.62. The van der Waals surface area contributed by atoms with Crippen LogP contribution in [0, 0.1) is 5.92 Å². The fraction of sp³-hybridized carbons (Fsp3) is 0.471. The van der Waals surface area contributed by atoms with Crippen LogP contribution < -0.4 is 5.32 Å². The SMILES string of the molecule is CCOC(=O)C(NCc1ccccc1)C1CC=CCC1. The fourth-order valence-electron chi connectivity index (χ4n) is 2.62. The number of benzene rings is 1. The molecule has 1 aliphatic carbocycles. The third kappa shape index (κ3) is 4.20. The van der Waals surface area contributed by atoms with Crippen LogP contribution >= 0.6 is 0 Å². The van der Waals surface area contributed by atoms with Gasteiger partial charge < -0.3 is 10.1 Å². The Morgan fingerprint density at radius 1 is 1.35 bits per heavy atom. The van der Waals surface area contributed by atoms with Gasteiger partial charge in [0.2, 0.25) is 0 Å². The standard InChI is InChI=1S/C17H23NO2/c1-2-20-17(19)16(15-11-7-4-8-12-15)18-13-14-9-5-3-6-10-14/h3-7,9-10,15-16,18H,2,8,11-13H2,1H3. The highest BCUT2D eigenvalue weighted by atomic mass is 16.5. The average molecular weight is 273 g/mol. The molecule has 0 amide bonds. The van der Waals surface area contributed by atoms with Crippen LogP contribution in [-0.4, -0.2) is 18.6 Å². The number of carbonyl (C=O) groups is 1. The summed E-state index contributed by atoms with van der Waals surface area (Å²) in [6, 6.07) is 9.95. The molecule has 0 aliphatic heterocycles. The molecule has 0 spiro atoms. The molecule has 0 bridgehead atoms. The molecule has 0 aromatic heterocycles. The molecule has 0 radical (unpaired) electrons. The molecule has 2 atom stereocenters. The third-order valence-electron chi connectivity index (χ3n) is 3.69. The molecule has 20 heavy (non-hydrogen) atoms. The lowest BCUT2D eigenvalue weighted by Crippen LogP contribution is -2.44. The second kappa shape index (κ2) is 7.85. The van der Waals surface area contributed by atoms with Gasteiger partial charge in [0.05, 0.1) is 6.61 Å². The second-order valence-corrected chi connectivity index (χ2v) is 5.14. The molecule has 0 saturated heterocycles. The first-order valence-corrected chi connectivity index (χ1v) is 7.40. The number of ether oxygens (including phenoxy) is 1. The van der Waals surface area contributed by atoms with Crippen molar-refractivity contribution in [2.75, 3.05) is 6.61 Å². The maximum absolute atomic E-state index is 12.2. The first-order chi connectivity index (χ1) is 9.81. The summed E-state index contributed by atoms with van der Waals surface area (Å²) in [5.74, 6) is 0.214. The Labute approximate surface area is 121 Å². The molecule has 1 N–H and O–H groups in total. The van der Waals surface area contributed by atoms with E-state index in [4.69, 9.17) is 4.74 Å². The van der Waals surface area contributed by atoms with E-state index in [1.165, 1.54) is 5.56 Å². The molecule has 1 aromatic carbocycles. The summed E-state index contributed by atoms with van der Waals surface area (Å²) in [7, 11) is 0. The first kappa shape index (κ1) is 14.8. The molecule has 0 fully saturated rings. The van der Waals surface area contributed by atoms with Crippen molar-refractivity contribution in [2.24, 2.45) is 5.92 Å². The zero-order valence-electron chi connectivity index (χ0n) is 12.0. The highest BCUT2D eigenvalue weighted by molar-refractivity contribution is 5.76. The zero-order valence-corrected chi connectivity index (χ0v) is 12.0. The molecule has 2 rings (SSSR count). The number of esters is 1. The normalized spacial score (nSPS) is 19.6. The molecule has 108 valence electrons. The van der Waals surface area contributed by atoms with Gasteiger partial charge in [-0.05, 0) is 37.7 Å². The molecule has 0 heterocycles. The summed E-state index contributed by atoms with van der Waals surface area (Å²) < 4.78 is 5.22. The van der Waals surface area contributed by atoms with Crippen LogP contribution in [0.3, 0.4) is 0 Å². The number of hydrogen-bond acceptors (Lipinski definition) is 3. The third-order valence-corrected chi connectivity index (χ3v) is 3.69. The van der Waals surface area contributed by atoms with Crippen molar-refractivity contribution in [3.05, 3.63) is 48.0 Å². The Morgan fingerprint density at radius 2 is 2.15 bits per heavy atom. The zero-order chi connectivity index (χ0) is 14.2. The molecule has 3 heteroatoms. The minimum atomic E-state index is -0.208. The van der Waals surface area contributed by atoms with Crippen molar-refractivity contribution >= 4 is 5.97 Å². The highest BCUT2D eigenvalue weighted by Crippen LogP contribution is 2.23. The molecule has 1 aromatic rings. The molecule has 0 saturated carbocycles. The predicted molar refractivity (Wildman–Crippen MR) is 80.2 cm³/mol. The van der Waals surface area contributed by atoms with E-state index in [9.17, 15) is 4.79 Å². The minimum Gasteiger partial charge on any atom is -0.465 e. The van der Waals surface area contributed by atoms with Gasteiger partial charge in [0, 0.05) is 6.54 Å². The van der Waals surface area contributed by atoms with Crippen LogP contribution in [-0.2, 0) is 16.1 Å². The predicted octanol–water partition coefficient (Wildman–Crippen LogP) is 3.06. The molecule has 3 nitrogen and oxygen atoms in total. The van der Waals surface area contributed by atoms with Gasteiger partial charge in [-0.25, -0.2) is 0 Å². The van der Waals surface area contributed by atoms with Gasteiger partial charge in [0.1, 0.15) is 6.04 Å². The van der Waals surface area contributed by atoms with E-state index < -0.39 is 0 Å². The number of hydrogen-bond donors (Lipinski definition) is 1. The topological polar surface area (TPSA) is 38.3 Å². The Kier molecular flexibility index (Phi) is 5.81. The van der Waals surface area contributed by atoms with E-state index in [1.54, 1.807) is 0 Å². The van der Waals surface area contributed by atoms with Crippen LogP contribution in [0.15, 0.2) is 42.5 Å². The maximum atomic E-state index is 12.2. The summed E-state index contributed by atoms with van der Waals surface area (Å²) in [6.07, 6.45) is 7.40. The lowest BCUT2D eigenvalue weighted by atomic mass is 9.87. The highest BCUT2D eigenvalue weighted by Gasteiger charge is 2.28. The Bertz CT molecular complexity index is 442. The number of rotatable bonds is 6. The smallest absolute Gasteiger partial charge is 0.323 e. The lowest BCUT2D eigenvalue weighted by molar-refractivity contribution is -0.147. The average Bonchev–Trinajstić information content (AvgIpc) is 2.50. The van der Waals surface area contributed by atoms with Gasteiger partial charge in [-0.1, -0.05) is 42.5 Å². The largest absolute Gasteiger partial charge is 0.465 e. The Balaban J connectivity index is 1.98. The summed E-state index contributed by atoms with van der Waals surface area (Å²) in [4.78, 5) is 12.2. The second-order valence-electron chi connectivity index (χ2n) is 5.14. The first-order valence-electron chi connectivity index (χ1n) is 7.40. The van der Waals surface area contributed by atoms with E-state index in [1.807, 2.05) is 25.1 Å². The van der Waals surface area contributed by atoms with Crippen molar-refractivity contribution in [1.29, 1.82) is 0 Å². The van der Waals surface area contributed by atoms with Crippen molar-refractivity contribution in [3.8, 4) is 0 Å². The number of allylic oxidation sites excluding steroid dienone is 2. The van der Waals surface area contributed by atoms with Gasteiger partial charge >= 0.3 is 5.97 Å². The molecular weight excluding hydrogens is 250 g/mol. The van der Waals surface area contributed by atoms with Crippen molar-refractivity contribution in [1.82, 2.24) is 5.32 Å². The van der Waals surface area contributed by atoms with Crippen molar-refractivity contribution < 1.29 is 9.53 Å². The number of carbonyl (C=O) groups excluding carboxylic acids is 1. The summed E-state index contributed by atoms with van der Waals surface area (Å²) in [6.45, 7) is 2.99. The van der Waals surface area contributed by atoms with Crippen LogP contribution in [0.1, 0.15) is 31.7 Å². The van der Waals surface area contributed by atoms with E-state index in [-0.39, 0.29) is 12.0 Å². The van der Waals surface area contributed by atoms with E-state index in [0.717, 1.165) is 19.3 Å². The quantitative estimate of drug-likeness (QED) is 0.639. The van der Waals surface area contributed by atoms with E-state index in [2.05, 4.69) is 29.6 Å². The molecule has 2 unspecified atom stereocenters. The summed E-state index contributed by atoms with van der Waals surface area (Å²) in [5.41, 5.74) is 1.19. The number of nitrogens with one attached hydrogen (secondary N) is 1. The Morgan fingerprint density at radius 3 is 2.80 bits per heavy atom. The van der Waals surface area contributed by atoms with Crippen LogP contribution in [0.2, 0.25) is 0 Å². The van der Waals surface area contributed by atoms with Gasteiger partial charge in [-0.3, -0.25) is 4.79 Å². The van der Waals surface area contributed by atoms with Crippen molar-refractivity contribution in [2.45, 2.75) is 38.8 Å². The van der Waals surface area contributed by atoms with Gasteiger partial charge in [0.25, 0.3) is 0 Å². The summed E-state index contributed by atoms with van der Waals surface area (Å²) in [5, 5.41) is 3.38. The molecular formula is C17H23NO2. The van der Waals surface area contributed by atoms with Crippen LogP contribution in [0.4, 0.5) is 0 Å². The van der Waals surface area contributed by atoms with E-state index in [0.29, 0.717) is 19.1 Å². The minimum absolute atomic E-state index is 0.122. The van der Waals surface area contributed by atoms with Crippen LogP contribution in [0.5, 0.6) is 0 Å². The van der Waals surface area contributed by atoms with Gasteiger partial charge in [0.15, 0.2) is 0 Å². The van der Waals surface area contributed by atoms with Gasteiger partial charge in [-0.15, -0.1) is 0 Å². The lowest BCUT2D eigenvalue weighted by Gasteiger charge is -2.27. The molecule has 1 aliphatic rings. The van der Waals surface area contributed by atoms with Crippen LogP contribution in [0.25, 0.3) is 0 Å². The Hall–Kier alpha value is -1.61. The van der Waals surface area contributed by atoms with Gasteiger partial charge in [-0.2, -0.15) is 0 Å². The summed E-state index contributed by atoms with van der Waals surface area (Å²) >= 11 is 0. The monoisotopic (exact) mass is 273 g/mol. The van der Waals surface area contributed by atoms with E-state index >= 15 is 0 Å².